The molecule has 16 heteroatoms. The number of nitrogens with zero attached hydrogens (tertiary/aromatic N) is 1. The fourth-order valence-corrected chi connectivity index (χ4v) is 6.89. The number of benzene rings is 1. The first kappa shape index (κ1) is 35.5. The van der Waals surface area contributed by atoms with Crippen LogP contribution in [-0.2, 0) is 38.7 Å². The minimum Gasteiger partial charge on any atom is -0.479 e. The predicted octanol–water partition coefficient (Wildman–Crippen LogP) is -1.26. The summed E-state index contributed by atoms with van der Waals surface area (Å²) in [5.74, 6) is -9.96. The van der Waals surface area contributed by atoms with Gasteiger partial charge in [-0.2, -0.15) is 0 Å². The van der Waals surface area contributed by atoms with Crippen LogP contribution in [0.25, 0.3) is 0 Å². The minimum atomic E-state index is -4.63. The lowest BCUT2D eigenvalue weighted by atomic mass is 9.77. The van der Waals surface area contributed by atoms with Crippen LogP contribution in [0.15, 0.2) is 42.1 Å². The highest BCUT2D eigenvalue weighted by Crippen LogP contribution is 2.48. The Kier molecular flexibility index (Phi) is 11.0. The first-order valence-electron chi connectivity index (χ1n) is 14.5. The number of amides is 3. The molecule has 15 nitrogen and oxygen atoms in total. The highest BCUT2D eigenvalue weighted by molar-refractivity contribution is 7.90. The lowest BCUT2D eigenvalue weighted by Gasteiger charge is -2.41. The molecule has 2 aliphatic rings. The second-order valence-electron chi connectivity index (χ2n) is 11.8. The van der Waals surface area contributed by atoms with Crippen molar-refractivity contribution in [2.45, 2.75) is 63.3 Å². The molecule has 1 fully saturated rings. The Balaban J connectivity index is 1.95. The van der Waals surface area contributed by atoms with Gasteiger partial charge in [0.05, 0.1) is 6.04 Å². The summed E-state index contributed by atoms with van der Waals surface area (Å²) in [6.07, 6.45) is 0.126. The summed E-state index contributed by atoms with van der Waals surface area (Å²) >= 11 is 0. The second kappa shape index (κ2) is 14.0. The molecule has 1 aromatic rings. The molecule has 1 saturated carbocycles. The zero-order valence-electron chi connectivity index (χ0n) is 25.6. The summed E-state index contributed by atoms with van der Waals surface area (Å²) in [5.41, 5.74) is 16.0. The number of hydrogen-bond donors (Lipinski definition) is 6. The van der Waals surface area contributed by atoms with Crippen LogP contribution in [0, 0.1) is 17.8 Å². The van der Waals surface area contributed by atoms with Crippen LogP contribution in [0.3, 0.4) is 0 Å². The van der Waals surface area contributed by atoms with Gasteiger partial charge in [0.15, 0.2) is 5.54 Å². The number of aliphatic carboxylic acids is 1. The van der Waals surface area contributed by atoms with Crippen molar-refractivity contribution in [2.75, 3.05) is 19.3 Å². The average molecular weight is 651 g/mol. The van der Waals surface area contributed by atoms with E-state index in [1.54, 1.807) is 62.9 Å². The summed E-state index contributed by atoms with van der Waals surface area (Å²) in [4.78, 5) is 66.1. The number of sulfonamides is 1. The van der Waals surface area contributed by atoms with Gasteiger partial charge in [0, 0.05) is 43.1 Å². The van der Waals surface area contributed by atoms with Crippen LogP contribution in [0.2, 0.25) is 0 Å². The Morgan fingerprint density at radius 3 is 2.29 bits per heavy atom. The molecule has 248 valence electrons. The molecule has 0 spiro atoms. The Morgan fingerprint density at radius 2 is 1.73 bits per heavy atom. The molecule has 0 radical (unpaired) electrons. The first-order valence-corrected chi connectivity index (χ1v) is 16.2. The highest BCUT2D eigenvalue weighted by atomic mass is 32.2. The molecule has 1 heterocycles. The average Bonchev–Trinajstić information content (AvgIpc) is 3.27. The topological polar surface area (TPSA) is 254 Å². The number of ether oxygens (including phenoxy) is 1. The molecule has 0 saturated heterocycles. The lowest BCUT2D eigenvalue weighted by molar-refractivity contribution is -0.166. The second-order valence-corrected chi connectivity index (χ2v) is 13.6. The fraction of sp³-hybridized carbons (Fsp3) is 0.552. The van der Waals surface area contributed by atoms with Gasteiger partial charge in [0.1, 0.15) is 17.9 Å². The van der Waals surface area contributed by atoms with Gasteiger partial charge in [-0.1, -0.05) is 57.5 Å². The summed E-state index contributed by atoms with van der Waals surface area (Å²) in [6.45, 7) is 5.08. The highest BCUT2D eigenvalue weighted by Gasteiger charge is 2.65. The van der Waals surface area contributed by atoms with Crippen molar-refractivity contribution in [1.29, 1.82) is 0 Å². The van der Waals surface area contributed by atoms with E-state index in [1.807, 2.05) is 0 Å². The van der Waals surface area contributed by atoms with E-state index in [1.165, 1.54) is 11.1 Å². The van der Waals surface area contributed by atoms with E-state index in [0.717, 1.165) is 5.56 Å². The number of nitrogens with one attached hydrogen (secondary N) is 2. The molecule has 3 rings (SSSR count). The summed E-state index contributed by atoms with van der Waals surface area (Å²) < 4.78 is 33.0. The third-order valence-electron chi connectivity index (χ3n) is 8.81. The number of carbonyl (C=O) groups excluding carboxylic acids is 4. The first-order chi connectivity index (χ1) is 20.9. The van der Waals surface area contributed by atoms with Crippen LogP contribution in [0.5, 0.6) is 0 Å². The molecule has 1 aliphatic heterocycles. The van der Waals surface area contributed by atoms with Crippen molar-refractivity contribution in [3.8, 4) is 0 Å². The van der Waals surface area contributed by atoms with Crippen molar-refractivity contribution in [3.05, 3.63) is 47.7 Å². The van der Waals surface area contributed by atoms with E-state index >= 15 is 0 Å². The van der Waals surface area contributed by atoms with Gasteiger partial charge in [-0.3, -0.25) is 23.9 Å². The molecular weight excluding hydrogens is 608 g/mol. The van der Waals surface area contributed by atoms with Crippen molar-refractivity contribution in [2.24, 2.45) is 35.0 Å². The predicted molar refractivity (Wildman–Crippen MR) is 162 cm³/mol. The van der Waals surface area contributed by atoms with Gasteiger partial charge in [-0.25, -0.2) is 13.2 Å². The smallest absolute Gasteiger partial charge is 0.333 e. The number of nitrogens with two attached hydrogens (primary N) is 3. The molecule has 3 amide bonds. The van der Waals surface area contributed by atoms with E-state index in [2.05, 4.69) is 5.32 Å². The Bertz CT molecular complexity index is 1450. The standard InChI is InChI=1S/C29H42N6O9S/c1-5-15(2)23(30)26(38)34-45(42,43)14-22(36)33-29(28(40)41)20-13-35(4)12-19(25(32)37)18(20)11-21(29)44-27(39)24(31)16(3)17-9-7-6-8-10-17/h6-10,12,15-16,18,20-21,23-24H,5,11,13-14,30-31H2,1-4H3,(H2,32,37)(H,33,36)(H,34,38)(H,40,41)/t15?,16?,18-,20+,21-,23?,24?,29+/m0/s1. The SMILES string of the molecule is CCC(C)C(N)C(=O)NS(=O)(=O)CC(=O)N[C@@]1(C(=O)O)[C@@H](OC(=O)C(N)C(C)c2ccccc2)C[C@H]2C(C(N)=O)=CN(C)C[C@H]21. The monoisotopic (exact) mass is 650 g/mol. The largest absolute Gasteiger partial charge is 0.479 e. The number of carbonyl (C=O) groups is 5. The van der Waals surface area contributed by atoms with E-state index in [4.69, 9.17) is 21.9 Å². The number of primary amides is 1. The maximum absolute atomic E-state index is 13.4. The van der Waals surface area contributed by atoms with Crippen LogP contribution in [0.4, 0.5) is 0 Å². The third-order valence-corrected chi connectivity index (χ3v) is 9.96. The minimum absolute atomic E-state index is 0.0260. The van der Waals surface area contributed by atoms with Gasteiger partial charge in [0.2, 0.25) is 21.8 Å². The van der Waals surface area contributed by atoms with Gasteiger partial charge in [-0.15, -0.1) is 0 Å². The molecular formula is C29H42N6O9S. The maximum Gasteiger partial charge on any atom is 0.333 e. The molecule has 0 aromatic heterocycles. The molecule has 1 aromatic carbocycles. The van der Waals surface area contributed by atoms with E-state index in [-0.39, 0.29) is 24.5 Å². The molecule has 9 N–H and O–H groups in total. The third kappa shape index (κ3) is 7.62. The van der Waals surface area contributed by atoms with Crippen LogP contribution in [-0.4, -0.2) is 91.2 Å². The van der Waals surface area contributed by atoms with Crippen LogP contribution >= 0.6 is 0 Å². The summed E-state index contributed by atoms with van der Waals surface area (Å²) in [6, 6.07) is 6.43. The quantitative estimate of drug-likeness (QED) is 0.137. The zero-order chi connectivity index (χ0) is 33.9. The Labute approximate surface area is 261 Å². The number of hydrogen-bond acceptors (Lipinski definition) is 11. The molecule has 8 atom stereocenters. The fourth-order valence-electron chi connectivity index (χ4n) is 5.95. The maximum atomic E-state index is 13.4. The van der Waals surface area contributed by atoms with Gasteiger partial charge in [0.25, 0.3) is 5.91 Å². The Morgan fingerprint density at radius 1 is 1.11 bits per heavy atom. The molecule has 45 heavy (non-hydrogen) atoms. The summed E-state index contributed by atoms with van der Waals surface area (Å²) in [7, 11) is -3.07. The van der Waals surface area contributed by atoms with E-state index in [9.17, 15) is 37.5 Å². The van der Waals surface area contributed by atoms with Crippen molar-refractivity contribution in [1.82, 2.24) is 14.9 Å². The van der Waals surface area contributed by atoms with Crippen LogP contribution < -0.4 is 27.2 Å². The van der Waals surface area contributed by atoms with Gasteiger partial charge in [-0.05, 0) is 17.9 Å². The van der Waals surface area contributed by atoms with Crippen molar-refractivity contribution < 1.29 is 42.2 Å². The van der Waals surface area contributed by atoms with Crippen molar-refractivity contribution >= 4 is 39.7 Å². The zero-order valence-corrected chi connectivity index (χ0v) is 26.5. The normalized spacial score (nSPS) is 25.5. The lowest BCUT2D eigenvalue weighted by Crippen LogP contribution is -2.67. The van der Waals surface area contributed by atoms with Gasteiger partial charge >= 0.3 is 11.9 Å². The molecule has 4 unspecified atom stereocenters. The summed E-state index contributed by atoms with van der Waals surface area (Å²) in [5, 5.41) is 12.9. The van der Waals surface area contributed by atoms with E-state index < -0.39 is 86.9 Å². The number of esters is 1. The number of rotatable bonds is 13. The van der Waals surface area contributed by atoms with Crippen LogP contribution in [0.1, 0.15) is 45.1 Å². The van der Waals surface area contributed by atoms with Gasteiger partial charge < -0.3 is 37.3 Å². The Hall–Kier alpha value is -4.02. The number of carboxylic acid groups (broad SMARTS) is 1. The number of fused-ring (bicyclic) bond motifs is 1. The molecule has 0 bridgehead atoms. The molecule has 1 aliphatic carbocycles. The number of carboxylic acids is 1. The van der Waals surface area contributed by atoms with E-state index in [0.29, 0.717) is 6.42 Å². The van der Waals surface area contributed by atoms with Crippen molar-refractivity contribution in [3.63, 3.8) is 0 Å².